The van der Waals surface area contributed by atoms with Gasteiger partial charge in [0.1, 0.15) is 11.8 Å². The Morgan fingerprint density at radius 1 is 1.07 bits per heavy atom. The van der Waals surface area contributed by atoms with Crippen LogP contribution in [0.2, 0.25) is 0 Å². The lowest BCUT2D eigenvalue weighted by Gasteiger charge is -1.95. The molecule has 0 saturated carbocycles. The standard InChI is InChI=1S/C11H6INO/c12-9-3-1-8(2-4-9)11-6-5-10(7-13)14-11/h1-6H. The van der Waals surface area contributed by atoms with Crippen molar-refractivity contribution in [1.29, 1.82) is 5.26 Å². The molecule has 0 aliphatic carbocycles. The summed E-state index contributed by atoms with van der Waals surface area (Å²) in [7, 11) is 0. The molecule has 0 radical (unpaired) electrons. The Kier molecular flexibility index (Phi) is 2.55. The molecule has 0 bridgehead atoms. The van der Waals surface area contributed by atoms with E-state index < -0.39 is 0 Å². The average Bonchev–Trinajstić information content (AvgIpc) is 2.67. The largest absolute Gasteiger partial charge is 0.446 e. The summed E-state index contributed by atoms with van der Waals surface area (Å²) in [5.41, 5.74) is 0.993. The molecule has 0 spiro atoms. The third kappa shape index (κ3) is 1.80. The monoisotopic (exact) mass is 295 g/mol. The van der Waals surface area contributed by atoms with Crippen LogP contribution in [-0.2, 0) is 0 Å². The molecular weight excluding hydrogens is 289 g/mol. The van der Waals surface area contributed by atoms with Gasteiger partial charge in [-0.25, -0.2) is 0 Å². The Balaban J connectivity index is 2.40. The number of halogens is 1. The molecule has 68 valence electrons. The van der Waals surface area contributed by atoms with Crippen LogP contribution in [0.15, 0.2) is 40.8 Å². The molecule has 2 rings (SSSR count). The Labute approximate surface area is 95.3 Å². The van der Waals surface area contributed by atoms with Gasteiger partial charge in [-0.05, 0) is 46.9 Å². The second-order valence-electron chi connectivity index (χ2n) is 2.78. The van der Waals surface area contributed by atoms with Gasteiger partial charge in [-0.3, -0.25) is 0 Å². The minimum atomic E-state index is 0.346. The zero-order chi connectivity index (χ0) is 9.97. The molecule has 0 aliphatic rings. The number of rotatable bonds is 1. The molecule has 14 heavy (non-hydrogen) atoms. The van der Waals surface area contributed by atoms with Crippen molar-refractivity contribution in [2.75, 3.05) is 0 Å². The number of nitrogens with zero attached hydrogens (tertiary/aromatic N) is 1. The zero-order valence-electron chi connectivity index (χ0n) is 7.20. The van der Waals surface area contributed by atoms with E-state index in [1.807, 2.05) is 30.3 Å². The summed E-state index contributed by atoms with van der Waals surface area (Å²) in [6.07, 6.45) is 0. The molecule has 0 saturated heterocycles. The Morgan fingerprint density at radius 3 is 2.36 bits per heavy atom. The quantitative estimate of drug-likeness (QED) is 0.756. The predicted molar refractivity (Wildman–Crippen MR) is 61.6 cm³/mol. The lowest BCUT2D eigenvalue weighted by atomic mass is 10.2. The highest BCUT2D eigenvalue weighted by Crippen LogP contribution is 2.22. The van der Waals surface area contributed by atoms with E-state index in [0.717, 1.165) is 11.3 Å². The molecule has 3 heteroatoms. The van der Waals surface area contributed by atoms with Gasteiger partial charge in [-0.15, -0.1) is 0 Å². The fourth-order valence-electron chi connectivity index (χ4n) is 1.17. The number of hydrogen-bond donors (Lipinski definition) is 0. The van der Waals surface area contributed by atoms with Gasteiger partial charge in [0, 0.05) is 9.13 Å². The average molecular weight is 295 g/mol. The zero-order valence-corrected chi connectivity index (χ0v) is 9.36. The summed E-state index contributed by atoms with van der Waals surface area (Å²) in [4.78, 5) is 0. The van der Waals surface area contributed by atoms with Crippen molar-refractivity contribution in [3.8, 4) is 17.4 Å². The van der Waals surface area contributed by atoms with Crippen molar-refractivity contribution in [2.24, 2.45) is 0 Å². The summed E-state index contributed by atoms with van der Waals surface area (Å²) < 4.78 is 6.47. The van der Waals surface area contributed by atoms with Gasteiger partial charge in [0.15, 0.2) is 0 Å². The van der Waals surface area contributed by atoms with Gasteiger partial charge in [0.2, 0.25) is 5.76 Å². The molecular formula is C11H6INO. The number of benzene rings is 1. The van der Waals surface area contributed by atoms with Crippen LogP contribution < -0.4 is 0 Å². The second-order valence-corrected chi connectivity index (χ2v) is 4.03. The van der Waals surface area contributed by atoms with Crippen LogP contribution in [0.1, 0.15) is 5.76 Å². The molecule has 0 unspecified atom stereocenters. The first-order chi connectivity index (χ1) is 6.79. The van der Waals surface area contributed by atoms with Crippen LogP contribution in [0.25, 0.3) is 11.3 Å². The molecule has 2 nitrogen and oxygen atoms in total. The summed E-state index contributed by atoms with van der Waals surface area (Å²) >= 11 is 2.25. The lowest BCUT2D eigenvalue weighted by Crippen LogP contribution is -1.74. The number of nitriles is 1. The fourth-order valence-corrected chi connectivity index (χ4v) is 1.53. The summed E-state index contributed by atoms with van der Waals surface area (Å²) in [5, 5.41) is 8.60. The van der Waals surface area contributed by atoms with Gasteiger partial charge in [0.25, 0.3) is 0 Å². The minimum absolute atomic E-state index is 0.346. The maximum Gasteiger partial charge on any atom is 0.204 e. The number of hydrogen-bond acceptors (Lipinski definition) is 2. The molecule has 0 aliphatic heterocycles. The minimum Gasteiger partial charge on any atom is -0.446 e. The Morgan fingerprint density at radius 2 is 1.79 bits per heavy atom. The highest BCUT2D eigenvalue weighted by Gasteiger charge is 2.03. The highest BCUT2D eigenvalue weighted by molar-refractivity contribution is 14.1. The van der Waals surface area contributed by atoms with Crippen molar-refractivity contribution in [3.05, 3.63) is 45.7 Å². The maximum atomic E-state index is 8.60. The van der Waals surface area contributed by atoms with E-state index >= 15 is 0 Å². The first kappa shape index (κ1) is 9.28. The fraction of sp³-hybridized carbons (Fsp3) is 0. The number of furan rings is 1. The molecule has 2 aromatic rings. The van der Waals surface area contributed by atoms with Gasteiger partial charge in [-0.1, -0.05) is 12.1 Å². The summed E-state index contributed by atoms with van der Waals surface area (Å²) in [6.45, 7) is 0. The van der Waals surface area contributed by atoms with E-state index in [9.17, 15) is 0 Å². The van der Waals surface area contributed by atoms with Gasteiger partial charge in [0.05, 0.1) is 0 Å². The second kappa shape index (κ2) is 3.84. The normalized spacial score (nSPS) is 9.71. The van der Waals surface area contributed by atoms with E-state index in [2.05, 4.69) is 22.6 Å². The molecule has 1 heterocycles. The summed E-state index contributed by atoms with van der Waals surface area (Å²) in [5.74, 6) is 1.08. The first-order valence-corrected chi connectivity index (χ1v) is 5.13. The highest BCUT2D eigenvalue weighted by atomic mass is 127. The Hall–Kier alpha value is -1.28. The van der Waals surface area contributed by atoms with Crippen molar-refractivity contribution in [3.63, 3.8) is 0 Å². The first-order valence-electron chi connectivity index (χ1n) is 4.05. The molecule has 0 fully saturated rings. The van der Waals surface area contributed by atoms with E-state index in [1.165, 1.54) is 3.57 Å². The SMILES string of the molecule is N#Cc1ccc(-c2ccc(I)cc2)o1. The summed E-state index contributed by atoms with van der Waals surface area (Å²) in [6, 6.07) is 13.4. The van der Waals surface area contributed by atoms with E-state index in [4.69, 9.17) is 9.68 Å². The van der Waals surface area contributed by atoms with Crippen LogP contribution in [0.3, 0.4) is 0 Å². The van der Waals surface area contributed by atoms with Gasteiger partial charge >= 0.3 is 0 Å². The van der Waals surface area contributed by atoms with Crippen LogP contribution in [0, 0.1) is 14.9 Å². The topological polar surface area (TPSA) is 36.9 Å². The van der Waals surface area contributed by atoms with Crippen molar-refractivity contribution >= 4 is 22.6 Å². The molecule has 1 aromatic heterocycles. The Bertz CT molecular complexity index is 479. The van der Waals surface area contributed by atoms with E-state index in [-0.39, 0.29) is 0 Å². The van der Waals surface area contributed by atoms with Gasteiger partial charge < -0.3 is 4.42 Å². The molecule has 0 atom stereocenters. The van der Waals surface area contributed by atoms with Crippen LogP contribution >= 0.6 is 22.6 Å². The maximum absolute atomic E-state index is 8.60. The van der Waals surface area contributed by atoms with E-state index in [0.29, 0.717) is 5.76 Å². The van der Waals surface area contributed by atoms with Gasteiger partial charge in [-0.2, -0.15) is 5.26 Å². The third-order valence-electron chi connectivity index (χ3n) is 1.84. The van der Waals surface area contributed by atoms with Crippen LogP contribution in [0.4, 0.5) is 0 Å². The van der Waals surface area contributed by atoms with Crippen molar-refractivity contribution in [1.82, 2.24) is 0 Å². The van der Waals surface area contributed by atoms with Crippen molar-refractivity contribution in [2.45, 2.75) is 0 Å². The predicted octanol–water partition coefficient (Wildman–Crippen LogP) is 3.42. The third-order valence-corrected chi connectivity index (χ3v) is 2.56. The molecule has 1 aromatic carbocycles. The lowest BCUT2D eigenvalue weighted by molar-refractivity contribution is 0.567. The van der Waals surface area contributed by atoms with E-state index in [1.54, 1.807) is 12.1 Å². The molecule has 0 N–H and O–H groups in total. The van der Waals surface area contributed by atoms with Crippen molar-refractivity contribution < 1.29 is 4.42 Å². The smallest absolute Gasteiger partial charge is 0.204 e. The molecule has 0 amide bonds. The van der Waals surface area contributed by atoms with Crippen LogP contribution in [0.5, 0.6) is 0 Å². The van der Waals surface area contributed by atoms with Crippen LogP contribution in [-0.4, -0.2) is 0 Å².